The van der Waals surface area contributed by atoms with Gasteiger partial charge in [-0.2, -0.15) is 0 Å². The number of hydrogen-bond donors (Lipinski definition) is 1. The molecule has 0 aromatic heterocycles. The summed E-state index contributed by atoms with van der Waals surface area (Å²) in [6.45, 7) is 0.895. The van der Waals surface area contributed by atoms with E-state index in [9.17, 15) is 0 Å². The predicted molar refractivity (Wildman–Crippen MR) is 81.0 cm³/mol. The molecule has 1 N–H and O–H groups in total. The van der Waals surface area contributed by atoms with E-state index in [1.165, 1.54) is 24.9 Å². The maximum absolute atomic E-state index is 5.96. The zero-order valence-corrected chi connectivity index (χ0v) is 13.4. The van der Waals surface area contributed by atoms with Gasteiger partial charge < -0.3 is 10.1 Å². The molecule has 1 heterocycles. The number of rotatable bonds is 2. The minimum absolute atomic E-state index is 0.206. The first-order chi connectivity index (χ1) is 8.67. The van der Waals surface area contributed by atoms with Crippen LogP contribution >= 0.6 is 31.9 Å². The third kappa shape index (κ3) is 2.61. The number of anilines is 1. The molecule has 2 nitrogen and oxygen atoms in total. The van der Waals surface area contributed by atoms with Crippen LogP contribution in [0.3, 0.4) is 0 Å². The highest BCUT2D eigenvalue weighted by Gasteiger charge is 2.42. The fourth-order valence-corrected chi connectivity index (χ4v) is 4.06. The quantitative estimate of drug-likeness (QED) is 0.808. The zero-order chi connectivity index (χ0) is 12.6. The molecular weight excluding hydrogens is 358 g/mol. The molecule has 1 saturated heterocycles. The molecule has 0 radical (unpaired) electrons. The highest BCUT2D eigenvalue weighted by atomic mass is 79.9. The van der Waals surface area contributed by atoms with E-state index in [0.717, 1.165) is 28.4 Å². The van der Waals surface area contributed by atoms with Crippen molar-refractivity contribution >= 4 is 37.5 Å². The van der Waals surface area contributed by atoms with E-state index in [-0.39, 0.29) is 5.60 Å². The monoisotopic (exact) mass is 373 g/mol. The molecule has 1 spiro atoms. The summed E-state index contributed by atoms with van der Waals surface area (Å²) in [4.78, 5) is 0. The third-order valence-electron chi connectivity index (χ3n) is 4.05. The zero-order valence-electron chi connectivity index (χ0n) is 10.2. The van der Waals surface area contributed by atoms with Gasteiger partial charge in [0.25, 0.3) is 0 Å². The second-order valence-electron chi connectivity index (χ2n) is 5.34. The number of hydrogen-bond acceptors (Lipinski definition) is 2. The van der Waals surface area contributed by atoms with Crippen LogP contribution in [0.15, 0.2) is 27.1 Å². The summed E-state index contributed by atoms with van der Waals surface area (Å²) in [5, 5.41) is 3.65. The van der Waals surface area contributed by atoms with Crippen LogP contribution in [0.1, 0.15) is 32.1 Å². The molecule has 98 valence electrons. The van der Waals surface area contributed by atoms with Gasteiger partial charge in [0.15, 0.2) is 0 Å². The molecule has 0 amide bonds. The van der Waals surface area contributed by atoms with Crippen molar-refractivity contribution in [3.05, 3.63) is 27.1 Å². The van der Waals surface area contributed by atoms with Gasteiger partial charge in [0.05, 0.1) is 5.60 Å². The minimum Gasteiger partial charge on any atom is -0.381 e. The summed E-state index contributed by atoms with van der Waals surface area (Å²) in [7, 11) is 0. The van der Waals surface area contributed by atoms with Crippen LogP contribution in [0.5, 0.6) is 0 Å². The molecule has 1 aromatic rings. The summed E-state index contributed by atoms with van der Waals surface area (Å²) in [5.41, 5.74) is 1.39. The number of ether oxygens (including phenoxy) is 1. The SMILES string of the molecule is Brc1ccc(NC2CCOC3(CCC3)C2)c(Br)c1. The molecule has 4 heteroatoms. The summed E-state index contributed by atoms with van der Waals surface area (Å²) < 4.78 is 8.18. The number of nitrogens with one attached hydrogen (secondary N) is 1. The molecule has 1 aliphatic carbocycles. The lowest BCUT2D eigenvalue weighted by Crippen LogP contribution is -2.49. The van der Waals surface area contributed by atoms with E-state index in [1.807, 2.05) is 0 Å². The van der Waals surface area contributed by atoms with Gasteiger partial charge in [-0.05, 0) is 66.2 Å². The smallest absolute Gasteiger partial charge is 0.0702 e. The topological polar surface area (TPSA) is 21.3 Å². The van der Waals surface area contributed by atoms with Crippen molar-refractivity contribution in [3.63, 3.8) is 0 Å². The summed E-state index contributed by atoms with van der Waals surface area (Å²) in [6.07, 6.45) is 6.06. The maximum atomic E-state index is 5.96. The number of benzene rings is 1. The third-order valence-corrected chi connectivity index (χ3v) is 5.20. The number of halogens is 2. The minimum atomic E-state index is 0.206. The van der Waals surface area contributed by atoms with E-state index >= 15 is 0 Å². The standard InChI is InChI=1S/C14H17Br2NO/c15-10-2-3-13(12(16)8-10)17-11-4-7-18-14(9-11)5-1-6-14/h2-3,8,11,17H,1,4-7,9H2. The predicted octanol–water partition coefficient (Wildman–Crippen LogP) is 4.73. The fraction of sp³-hybridized carbons (Fsp3) is 0.571. The average molecular weight is 375 g/mol. The molecular formula is C14H17Br2NO. The van der Waals surface area contributed by atoms with Crippen LogP contribution < -0.4 is 5.32 Å². The molecule has 18 heavy (non-hydrogen) atoms. The Hall–Kier alpha value is -0.0600. The Morgan fingerprint density at radius 1 is 1.28 bits per heavy atom. The Bertz CT molecular complexity index is 445. The second kappa shape index (κ2) is 5.14. The Morgan fingerprint density at radius 2 is 2.11 bits per heavy atom. The molecule has 3 rings (SSSR count). The van der Waals surface area contributed by atoms with E-state index in [2.05, 4.69) is 55.4 Å². The molecule has 2 fully saturated rings. The van der Waals surface area contributed by atoms with E-state index < -0.39 is 0 Å². The van der Waals surface area contributed by atoms with Gasteiger partial charge in [-0.15, -0.1) is 0 Å². The van der Waals surface area contributed by atoms with Gasteiger partial charge in [0, 0.05) is 27.3 Å². The van der Waals surface area contributed by atoms with Crippen molar-refractivity contribution in [2.24, 2.45) is 0 Å². The van der Waals surface area contributed by atoms with Crippen molar-refractivity contribution in [2.45, 2.75) is 43.7 Å². The molecule has 2 aliphatic rings. The summed E-state index contributed by atoms with van der Waals surface area (Å²) in [6, 6.07) is 6.82. The van der Waals surface area contributed by atoms with Crippen LogP contribution in [0.4, 0.5) is 5.69 Å². The van der Waals surface area contributed by atoms with Gasteiger partial charge in [0.2, 0.25) is 0 Å². The normalized spacial score (nSPS) is 25.8. The fourth-order valence-electron chi connectivity index (χ4n) is 2.90. The van der Waals surface area contributed by atoms with Crippen LogP contribution in [-0.2, 0) is 4.74 Å². The van der Waals surface area contributed by atoms with E-state index in [0.29, 0.717) is 6.04 Å². The van der Waals surface area contributed by atoms with Crippen LogP contribution in [0, 0.1) is 0 Å². The molecule has 1 aromatic carbocycles. The van der Waals surface area contributed by atoms with Crippen LogP contribution in [0.2, 0.25) is 0 Å². The molecule has 1 aliphatic heterocycles. The Morgan fingerprint density at radius 3 is 2.78 bits per heavy atom. The van der Waals surface area contributed by atoms with Gasteiger partial charge in [-0.25, -0.2) is 0 Å². The second-order valence-corrected chi connectivity index (χ2v) is 7.11. The Labute approximate surface area is 125 Å². The maximum Gasteiger partial charge on any atom is 0.0702 e. The summed E-state index contributed by atoms with van der Waals surface area (Å²) in [5.74, 6) is 0. The van der Waals surface area contributed by atoms with Gasteiger partial charge in [-0.3, -0.25) is 0 Å². The van der Waals surface area contributed by atoms with Crippen LogP contribution in [0.25, 0.3) is 0 Å². The lowest BCUT2D eigenvalue weighted by Gasteiger charge is -2.47. The van der Waals surface area contributed by atoms with Crippen molar-refractivity contribution in [1.29, 1.82) is 0 Å². The van der Waals surface area contributed by atoms with Crippen molar-refractivity contribution in [1.82, 2.24) is 0 Å². The van der Waals surface area contributed by atoms with Crippen molar-refractivity contribution in [2.75, 3.05) is 11.9 Å². The highest BCUT2D eigenvalue weighted by molar-refractivity contribution is 9.11. The van der Waals surface area contributed by atoms with E-state index in [1.54, 1.807) is 0 Å². The van der Waals surface area contributed by atoms with Crippen molar-refractivity contribution in [3.8, 4) is 0 Å². The lowest BCUT2D eigenvalue weighted by atomic mass is 9.74. The first-order valence-electron chi connectivity index (χ1n) is 6.52. The summed E-state index contributed by atoms with van der Waals surface area (Å²) >= 11 is 7.09. The Kier molecular flexibility index (Phi) is 3.70. The highest BCUT2D eigenvalue weighted by Crippen LogP contribution is 2.43. The molecule has 1 unspecified atom stereocenters. The van der Waals surface area contributed by atoms with Crippen molar-refractivity contribution < 1.29 is 4.74 Å². The van der Waals surface area contributed by atoms with Crippen LogP contribution in [-0.4, -0.2) is 18.2 Å². The Balaban J connectivity index is 1.68. The largest absolute Gasteiger partial charge is 0.381 e. The van der Waals surface area contributed by atoms with E-state index in [4.69, 9.17) is 4.74 Å². The molecule has 1 saturated carbocycles. The molecule has 0 bridgehead atoms. The van der Waals surface area contributed by atoms with Gasteiger partial charge >= 0.3 is 0 Å². The molecule has 1 atom stereocenters. The lowest BCUT2D eigenvalue weighted by molar-refractivity contribution is -0.130. The first kappa shape index (κ1) is 12.9. The first-order valence-corrected chi connectivity index (χ1v) is 8.11. The van der Waals surface area contributed by atoms with Gasteiger partial charge in [-0.1, -0.05) is 15.9 Å². The van der Waals surface area contributed by atoms with Gasteiger partial charge in [0.1, 0.15) is 0 Å². The average Bonchev–Trinajstić information content (AvgIpc) is 2.31.